The SMILES string of the molecule is O=S(=O)(c1ccc2ccccc2c1)N1C[C@H](S)C[C@H]1CNCc1cc(F)ccc1F. The highest BCUT2D eigenvalue weighted by Gasteiger charge is 2.38. The lowest BCUT2D eigenvalue weighted by atomic mass is 10.1. The molecule has 1 aliphatic rings. The van der Waals surface area contributed by atoms with Gasteiger partial charge in [0.1, 0.15) is 11.6 Å². The normalized spacial score (nSPS) is 20.1. The van der Waals surface area contributed by atoms with Crippen LogP contribution >= 0.6 is 12.6 Å². The number of rotatable bonds is 6. The third-order valence-electron chi connectivity index (χ3n) is 5.37. The highest BCUT2D eigenvalue weighted by Crippen LogP contribution is 2.30. The third kappa shape index (κ3) is 4.37. The first kappa shape index (κ1) is 21.2. The third-order valence-corrected chi connectivity index (χ3v) is 7.66. The fourth-order valence-corrected chi connectivity index (χ4v) is 6.10. The topological polar surface area (TPSA) is 49.4 Å². The predicted octanol–water partition coefficient (Wildman–Crippen LogP) is 3.97. The Hall–Kier alpha value is -2.00. The summed E-state index contributed by atoms with van der Waals surface area (Å²) in [5, 5.41) is 4.81. The van der Waals surface area contributed by atoms with Gasteiger partial charge in [-0.3, -0.25) is 0 Å². The van der Waals surface area contributed by atoms with E-state index in [9.17, 15) is 17.2 Å². The van der Waals surface area contributed by atoms with E-state index >= 15 is 0 Å². The van der Waals surface area contributed by atoms with Crippen LogP contribution in [0, 0.1) is 11.6 Å². The molecule has 0 bridgehead atoms. The minimum atomic E-state index is -3.71. The fourth-order valence-electron chi connectivity index (χ4n) is 3.86. The summed E-state index contributed by atoms with van der Waals surface area (Å²) in [6.07, 6.45) is 0.578. The molecule has 2 atom stereocenters. The van der Waals surface area contributed by atoms with Gasteiger partial charge in [-0.25, -0.2) is 17.2 Å². The Bertz CT molecular complexity index is 1170. The van der Waals surface area contributed by atoms with Crippen molar-refractivity contribution in [2.75, 3.05) is 13.1 Å². The molecule has 0 saturated carbocycles. The van der Waals surface area contributed by atoms with Crippen molar-refractivity contribution in [2.24, 2.45) is 0 Å². The van der Waals surface area contributed by atoms with Crippen molar-refractivity contribution in [3.8, 4) is 0 Å². The van der Waals surface area contributed by atoms with Crippen LogP contribution < -0.4 is 5.32 Å². The molecule has 0 amide bonds. The molecule has 1 aliphatic heterocycles. The van der Waals surface area contributed by atoms with E-state index in [1.54, 1.807) is 18.2 Å². The summed E-state index contributed by atoms with van der Waals surface area (Å²) in [7, 11) is -3.71. The molecule has 0 aliphatic carbocycles. The first-order valence-corrected chi connectivity index (χ1v) is 11.6. The van der Waals surface area contributed by atoms with Gasteiger partial charge in [0.2, 0.25) is 10.0 Å². The lowest BCUT2D eigenvalue weighted by Crippen LogP contribution is -2.41. The Morgan fingerprint density at radius 3 is 2.60 bits per heavy atom. The lowest BCUT2D eigenvalue weighted by Gasteiger charge is -2.24. The molecule has 0 spiro atoms. The number of hydrogen-bond donors (Lipinski definition) is 2. The van der Waals surface area contributed by atoms with E-state index in [1.807, 2.05) is 24.3 Å². The Morgan fingerprint density at radius 1 is 1.03 bits per heavy atom. The van der Waals surface area contributed by atoms with Crippen LogP contribution in [0.1, 0.15) is 12.0 Å². The van der Waals surface area contributed by atoms with Crippen LogP contribution in [0.2, 0.25) is 0 Å². The van der Waals surface area contributed by atoms with Crippen LogP contribution in [0.25, 0.3) is 10.8 Å². The van der Waals surface area contributed by atoms with E-state index < -0.39 is 21.7 Å². The number of benzene rings is 3. The standard InChI is InChI=1S/C22H22F2N2O2S2/c23-18-6-8-22(24)17(9-18)12-25-13-19-11-20(29)14-26(19)30(27,28)21-7-5-15-3-1-2-4-16(15)10-21/h1-10,19-20,25,29H,11-14H2/t19-,20+/m0/s1. The Labute approximate surface area is 180 Å². The number of hydrogen-bond acceptors (Lipinski definition) is 4. The van der Waals surface area contributed by atoms with Gasteiger partial charge in [-0.05, 0) is 47.5 Å². The van der Waals surface area contributed by atoms with E-state index in [4.69, 9.17) is 0 Å². The fraction of sp³-hybridized carbons (Fsp3) is 0.273. The van der Waals surface area contributed by atoms with Gasteiger partial charge in [0.25, 0.3) is 0 Å². The zero-order valence-electron chi connectivity index (χ0n) is 16.1. The molecule has 1 N–H and O–H groups in total. The first-order valence-electron chi connectivity index (χ1n) is 9.68. The molecule has 1 heterocycles. The number of nitrogens with one attached hydrogen (secondary N) is 1. The molecule has 30 heavy (non-hydrogen) atoms. The molecular formula is C22H22F2N2O2S2. The molecule has 4 nitrogen and oxygen atoms in total. The van der Waals surface area contributed by atoms with Gasteiger partial charge in [0.05, 0.1) is 4.90 Å². The van der Waals surface area contributed by atoms with Crippen LogP contribution in [-0.2, 0) is 16.6 Å². The van der Waals surface area contributed by atoms with Crippen LogP contribution in [0.3, 0.4) is 0 Å². The maximum absolute atomic E-state index is 13.8. The van der Waals surface area contributed by atoms with Gasteiger partial charge in [-0.15, -0.1) is 0 Å². The second kappa shape index (κ2) is 8.63. The van der Waals surface area contributed by atoms with Gasteiger partial charge in [0.15, 0.2) is 0 Å². The Balaban J connectivity index is 1.51. The molecule has 1 fully saturated rings. The number of nitrogens with zero attached hydrogens (tertiary/aromatic N) is 1. The minimum absolute atomic E-state index is 0.0852. The van der Waals surface area contributed by atoms with Gasteiger partial charge in [-0.2, -0.15) is 16.9 Å². The zero-order chi connectivity index (χ0) is 21.3. The average Bonchev–Trinajstić information content (AvgIpc) is 3.11. The molecule has 0 unspecified atom stereocenters. The number of thiol groups is 1. The summed E-state index contributed by atoms with van der Waals surface area (Å²) in [4.78, 5) is 0.241. The maximum Gasteiger partial charge on any atom is 0.243 e. The number of fused-ring (bicyclic) bond motifs is 1. The summed E-state index contributed by atoms with van der Waals surface area (Å²) in [5.41, 5.74) is 0.208. The monoisotopic (exact) mass is 448 g/mol. The lowest BCUT2D eigenvalue weighted by molar-refractivity contribution is 0.370. The number of halogens is 2. The van der Waals surface area contributed by atoms with Crippen LogP contribution in [0.5, 0.6) is 0 Å². The average molecular weight is 449 g/mol. The van der Waals surface area contributed by atoms with E-state index in [-0.39, 0.29) is 28.3 Å². The van der Waals surface area contributed by atoms with Crippen molar-refractivity contribution in [3.05, 3.63) is 77.9 Å². The smallest absolute Gasteiger partial charge is 0.243 e. The van der Waals surface area contributed by atoms with Crippen molar-refractivity contribution < 1.29 is 17.2 Å². The number of sulfonamides is 1. The van der Waals surface area contributed by atoms with Crippen LogP contribution in [0.4, 0.5) is 8.78 Å². The summed E-state index contributed by atoms with van der Waals surface area (Å²) in [6, 6.07) is 15.7. The van der Waals surface area contributed by atoms with Gasteiger partial charge in [-0.1, -0.05) is 30.3 Å². The van der Waals surface area contributed by atoms with Crippen molar-refractivity contribution in [2.45, 2.75) is 29.2 Å². The van der Waals surface area contributed by atoms with Crippen LogP contribution in [0.15, 0.2) is 65.6 Å². The first-order chi connectivity index (χ1) is 14.3. The van der Waals surface area contributed by atoms with E-state index in [0.29, 0.717) is 19.5 Å². The summed E-state index contributed by atoms with van der Waals surface area (Å²) >= 11 is 4.49. The molecule has 4 rings (SSSR count). The van der Waals surface area contributed by atoms with E-state index in [0.717, 1.165) is 29.0 Å². The molecule has 0 radical (unpaired) electrons. The largest absolute Gasteiger partial charge is 0.311 e. The quantitative estimate of drug-likeness (QED) is 0.561. The Kier molecular flexibility index (Phi) is 6.11. The highest BCUT2D eigenvalue weighted by atomic mass is 32.2. The van der Waals surface area contributed by atoms with Crippen LogP contribution in [-0.4, -0.2) is 37.1 Å². The second-order valence-electron chi connectivity index (χ2n) is 7.49. The minimum Gasteiger partial charge on any atom is -0.311 e. The highest BCUT2D eigenvalue weighted by molar-refractivity contribution is 7.89. The van der Waals surface area contributed by atoms with Crippen molar-refractivity contribution in [3.63, 3.8) is 0 Å². The molecule has 0 aromatic heterocycles. The molecule has 1 saturated heterocycles. The zero-order valence-corrected chi connectivity index (χ0v) is 17.8. The summed E-state index contributed by atoms with van der Waals surface area (Å²) in [6.45, 7) is 0.736. The molecule has 3 aromatic rings. The van der Waals surface area contributed by atoms with Crippen molar-refractivity contribution in [1.82, 2.24) is 9.62 Å². The van der Waals surface area contributed by atoms with E-state index in [1.165, 1.54) is 4.31 Å². The molecular weight excluding hydrogens is 426 g/mol. The predicted molar refractivity (Wildman–Crippen MR) is 117 cm³/mol. The van der Waals surface area contributed by atoms with Gasteiger partial charge in [0, 0.05) is 36.5 Å². The summed E-state index contributed by atoms with van der Waals surface area (Å²) in [5.74, 6) is -1.01. The van der Waals surface area contributed by atoms with E-state index in [2.05, 4.69) is 17.9 Å². The molecule has 158 valence electrons. The Morgan fingerprint density at radius 2 is 1.80 bits per heavy atom. The second-order valence-corrected chi connectivity index (χ2v) is 10.1. The molecule has 3 aromatic carbocycles. The van der Waals surface area contributed by atoms with Crippen molar-refractivity contribution >= 4 is 33.4 Å². The maximum atomic E-state index is 13.8. The van der Waals surface area contributed by atoms with Gasteiger partial charge >= 0.3 is 0 Å². The molecule has 8 heteroatoms. The van der Waals surface area contributed by atoms with Crippen molar-refractivity contribution in [1.29, 1.82) is 0 Å². The summed E-state index contributed by atoms with van der Waals surface area (Å²) < 4.78 is 55.3. The van der Waals surface area contributed by atoms with Gasteiger partial charge < -0.3 is 5.32 Å².